The Hall–Kier alpha value is -1.83. The predicted molar refractivity (Wildman–Crippen MR) is 71.2 cm³/mol. The first-order valence-corrected chi connectivity index (χ1v) is 5.78. The van der Waals surface area contributed by atoms with E-state index in [2.05, 4.69) is 15.0 Å². The maximum Gasteiger partial charge on any atom is 0.436 e. The predicted octanol–water partition coefficient (Wildman–Crippen LogP) is 0.348. The molecule has 0 aromatic heterocycles. The zero-order chi connectivity index (χ0) is 14.8. The first-order chi connectivity index (χ1) is 8.93. The maximum atomic E-state index is 11.8. The fourth-order valence-corrected chi connectivity index (χ4v) is 1.22. The molecule has 0 spiro atoms. The van der Waals surface area contributed by atoms with Crippen molar-refractivity contribution in [2.75, 3.05) is 48.5 Å². The number of hydrogen-bond acceptors (Lipinski definition) is 4. The zero-order valence-electron chi connectivity index (χ0n) is 12.1. The van der Waals surface area contributed by atoms with Crippen LogP contribution in [0.1, 0.15) is 6.42 Å². The van der Waals surface area contributed by atoms with E-state index in [0.29, 0.717) is 19.6 Å². The molecule has 0 bridgehead atoms. The van der Waals surface area contributed by atoms with E-state index in [9.17, 15) is 9.59 Å². The second kappa shape index (κ2) is 9.15. The lowest BCUT2D eigenvalue weighted by molar-refractivity contribution is 0.181. The summed E-state index contributed by atoms with van der Waals surface area (Å²) in [7, 11) is 7.70. The summed E-state index contributed by atoms with van der Waals surface area (Å²) in [6.07, 6.45) is -0.0515. The summed E-state index contributed by atoms with van der Waals surface area (Å²) < 4.78 is 9.32. The van der Waals surface area contributed by atoms with Crippen molar-refractivity contribution >= 4 is 18.1 Å². The van der Waals surface area contributed by atoms with Gasteiger partial charge in [-0.15, -0.1) is 4.99 Å². The minimum Gasteiger partial charge on any atom is -0.451 e. The molecule has 19 heavy (non-hydrogen) atoms. The first-order valence-electron chi connectivity index (χ1n) is 5.78. The Labute approximate surface area is 113 Å². The lowest BCUT2D eigenvalue weighted by Gasteiger charge is -2.24. The van der Waals surface area contributed by atoms with Crippen molar-refractivity contribution in [1.29, 1.82) is 0 Å². The minimum atomic E-state index is -0.761. The molecule has 0 heterocycles. The Morgan fingerprint density at radius 2 is 1.84 bits per heavy atom. The van der Waals surface area contributed by atoms with Crippen LogP contribution < -0.4 is 5.32 Å². The SMILES string of the molecule is COCCCNC(=O)N(C)C(=NC(=O)OC)N(C)C. The molecule has 0 aromatic rings. The van der Waals surface area contributed by atoms with Gasteiger partial charge in [0.25, 0.3) is 0 Å². The Morgan fingerprint density at radius 3 is 2.32 bits per heavy atom. The number of ether oxygens (including phenoxy) is 2. The van der Waals surface area contributed by atoms with Gasteiger partial charge in [0.15, 0.2) is 0 Å². The highest BCUT2D eigenvalue weighted by atomic mass is 16.5. The number of hydrogen-bond donors (Lipinski definition) is 1. The van der Waals surface area contributed by atoms with Gasteiger partial charge in [-0.05, 0) is 6.42 Å². The van der Waals surface area contributed by atoms with E-state index in [1.807, 2.05) is 0 Å². The molecule has 0 aliphatic heterocycles. The number of rotatable bonds is 4. The van der Waals surface area contributed by atoms with Crippen LogP contribution in [-0.4, -0.2) is 76.4 Å². The molecule has 0 saturated carbocycles. The summed E-state index contributed by atoms with van der Waals surface area (Å²) in [4.78, 5) is 29.4. The molecule has 0 atom stereocenters. The van der Waals surface area contributed by atoms with Gasteiger partial charge in [0.2, 0.25) is 5.96 Å². The van der Waals surface area contributed by atoms with Gasteiger partial charge in [-0.1, -0.05) is 0 Å². The number of nitrogens with zero attached hydrogens (tertiary/aromatic N) is 3. The summed E-state index contributed by atoms with van der Waals surface area (Å²) in [5.74, 6) is 0.191. The monoisotopic (exact) mass is 274 g/mol. The molecule has 0 aliphatic carbocycles. The van der Waals surface area contributed by atoms with Gasteiger partial charge in [-0.25, -0.2) is 9.59 Å². The highest BCUT2D eigenvalue weighted by Crippen LogP contribution is 1.96. The molecule has 0 aliphatic rings. The number of carbonyl (C=O) groups is 2. The van der Waals surface area contributed by atoms with Crippen LogP contribution in [0.3, 0.4) is 0 Å². The minimum absolute atomic E-state index is 0.191. The smallest absolute Gasteiger partial charge is 0.436 e. The molecule has 0 fully saturated rings. The molecule has 0 saturated heterocycles. The number of nitrogens with one attached hydrogen (secondary N) is 1. The standard InChI is InChI=1S/C11H22N4O4/c1-14(2)9(13-11(17)19-5)15(3)10(16)12-7-6-8-18-4/h6-8H2,1-5H3,(H,12,16). The van der Waals surface area contributed by atoms with Gasteiger partial charge in [0.1, 0.15) is 0 Å². The first kappa shape index (κ1) is 17.2. The van der Waals surface area contributed by atoms with Gasteiger partial charge in [0, 0.05) is 41.4 Å². The molecule has 0 aromatic carbocycles. The van der Waals surface area contributed by atoms with E-state index >= 15 is 0 Å². The van der Waals surface area contributed by atoms with Gasteiger partial charge < -0.3 is 19.7 Å². The molecule has 8 heteroatoms. The van der Waals surface area contributed by atoms with Crippen LogP contribution in [0.25, 0.3) is 0 Å². The fraction of sp³-hybridized carbons (Fsp3) is 0.727. The highest BCUT2D eigenvalue weighted by molar-refractivity contribution is 5.99. The average Bonchev–Trinajstić information content (AvgIpc) is 2.39. The lowest BCUT2D eigenvalue weighted by Crippen LogP contribution is -2.47. The number of carbonyl (C=O) groups excluding carboxylic acids is 2. The van der Waals surface area contributed by atoms with E-state index in [0.717, 1.165) is 0 Å². The molecule has 0 rings (SSSR count). The van der Waals surface area contributed by atoms with E-state index in [4.69, 9.17) is 4.74 Å². The third-order valence-electron chi connectivity index (χ3n) is 2.17. The molecular weight excluding hydrogens is 252 g/mol. The zero-order valence-corrected chi connectivity index (χ0v) is 12.1. The summed E-state index contributed by atoms with van der Waals surface area (Å²) in [5, 5.41) is 2.69. The molecule has 1 N–H and O–H groups in total. The summed E-state index contributed by atoms with van der Waals surface area (Å²) in [6.45, 7) is 1.05. The molecular formula is C11H22N4O4. The van der Waals surface area contributed by atoms with Crippen LogP contribution in [0, 0.1) is 0 Å². The Kier molecular flexibility index (Phi) is 8.27. The van der Waals surface area contributed by atoms with E-state index < -0.39 is 6.09 Å². The summed E-state index contributed by atoms with van der Waals surface area (Å²) in [5.41, 5.74) is 0. The second-order valence-electron chi connectivity index (χ2n) is 3.91. The van der Waals surface area contributed by atoms with Crippen molar-refractivity contribution < 1.29 is 19.1 Å². The van der Waals surface area contributed by atoms with Crippen LogP contribution in [0.4, 0.5) is 9.59 Å². The van der Waals surface area contributed by atoms with Gasteiger partial charge in [-0.3, -0.25) is 4.90 Å². The number of amides is 3. The van der Waals surface area contributed by atoms with E-state index in [-0.39, 0.29) is 12.0 Å². The van der Waals surface area contributed by atoms with Crippen molar-refractivity contribution in [3.8, 4) is 0 Å². The number of guanidine groups is 1. The Balaban J connectivity index is 4.55. The summed E-state index contributed by atoms with van der Waals surface area (Å²) >= 11 is 0. The van der Waals surface area contributed by atoms with Crippen molar-refractivity contribution in [3.63, 3.8) is 0 Å². The quantitative estimate of drug-likeness (QED) is 0.454. The maximum absolute atomic E-state index is 11.8. The van der Waals surface area contributed by atoms with Crippen molar-refractivity contribution in [2.24, 2.45) is 4.99 Å². The Bertz CT molecular complexity index is 331. The topological polar surface area (TPSA) is 83.5 Å². The Morgan fingerprint density at radius 1 is 1.21 bits per heavy atom. The van der Waals surface area contributed by atoms with Gasteiger partial charge in [-0.2, -0.15) is 0 Å². The summed E-state index contributed by atoms with van der Waals surface area (Å²) in [6, 6.07) is -0.354. The van der Waals surface area contributed by atoms with Gasteiger partial charge in [0.05, 0.1) is 7.11 Å². The molecule has 0 radical (unpaired) electrons. The van der Waals surface area contributed by atoms with Crippen LogP contribution in [-0.2, 0) is 9.47 Å². The van der Waals surface area contributed by atoms with Crippen molar-refractivity contribution in [2.45, 2.75) is 6.42 Å². The van der Waals surface area contributed by atoms with E-state index in [1.165, 1.54) is 19.1 Å². The number of aliphatic imine (C=N–C) groups is 1. The third kappa shape index (κ3) is 6.61. The molecule has 8 nitrogen and oxygen atoms in total. The van der Waals surface area contributed by atoms with Gasteiger partial charge >= 0.3 is 12.1 Å². The van der Waals surface area contributed by atoms with Crippen LogP contribution in [0.5, 0.6) is 0 Å². The molecule has 0 unspecified atom stereocenters. The molecule has 110 valence electrons. The van der Waals surface area contributed by atoms with Crippen LogP contribution >= 0.6 is 0 Å². The second-order valence-corrected chi connectivity index (χ2v) is 3.91. The fourth-order valence-electron chi connectivity index (χ4n) is 1.22. The van der Waals surface area contributed by atoms with Crippen molar-refractivity contribution in [3.05, 3.63) is 0 Å². The third-order valence-corrected chi connectivity index (χ3v) is 2.17. The number of urea groups is 1. The van der Waals surface area contributed by atoms with Crippen molar-refractivity contribution in [1.82, 2.24) is 15.1 Å². The van der Waals surface area contributed by atoms with Crippen LogP contribution in [0.2, 0.25) is 0 Å². The normalized spacial score (nSPS) is 10.9. The van der Waals surface area contributed by atoms with Crippen LogP contribution in [0.15, 0.2) is 4.99 Å². The highest BCUT2D eigenvalue weighted by Gasteiger charge is 2.17. The number of methoxy groups -OCH3 is 2. The lowest BCUT2D eigenvalue weighted by atomic mass is 10.4. The largest absolute Gasteiger partial charge is 0.451 e. The molecule has 3 amide bonds. The van der Waals surface area contributed by atoms with E-state index in [1.54, 1.807) is 26.1 Å². The average molecular weight is 274 g/mol.